The second kappa shape index (κ2) is 7.44. The first-order valence-corrected chi connectivity index (χ1v) is 8.21. The van der Waals surface area contributed by atoms with E-state index in [9.17, 15) is 4.79 Å². The third-order valence-corrected chi connectivity index (χ3v) is 3.92. The van der Waals surface area contributed by atoms with E-state index in [0.717, 1.165) is 24.5 Å². The monoisotopic (exact) mass is 317 g/mol. The molecule has 2 heterocycles. The predicted molar refractivity (Wildman–Crippen MR) is 89.8 cm³/mol. The Bertz CT molecular complexity index is 643. The van der Waals surface area contributed by atoms with Crippen molar-refractivity contribution in [1.82, 2.24) is 24.2 Å². The zero-order valence-corrected chi connectivity index (χ0v) is 14.7. The molecule has 0 bridgehead atoms. The maximum atomic E-state index is 13.0. The smallest absolute Gasteiger partial charge is 0.245 e. The highest BCUT2D eigenvalue weighted by Crippen LogP contribution is 2.16. The summed E-state index contributed by atoms with van der Waals surface area (Å²) < 4.78 is 3.81. The van der Waals surface area contributed by atoms with Crippen LogP contribution in [0.25, 0.3) is 0 Å². The van der Waals surface area contributed by atoms with E-state index in [1.165, 1.54) is 0 Å². The number of nitrogens with zero attached hydrogens (tertiary/aromatic N) is 5. The predicted octanol–water partition coefficient (Wildman–Crippen LogP) is 2.65. The Balaban J connectivity index is 2.16. The van der Waals surface area contributed by atoms with Crippen LogP contribution in [0.2, 0.25) is 0 Å². The highest BCUT2D eigenvalue weighted by atomic mass is 16.2. The van der Waals surface area contributed by atoms with Gasteiger partial charge in [0, 0.05) is 43.8 Å². The van der Waals surface area contributed by atoms with E-state index in [1.807, 2.05) is 46.6 Å². The summed E-state index contributed by atoms with van der Waals surface area (Å²) in [6.07, 6.45) is 7.45. The van der Waals surface area contributed by atoms with Crippen molar-refractivity contribution >= 4 is 5.91 Å². The van der Waals surface area contributed by atoms with E-state index >= 15 is 0 Å². The van der Waals surface area contributed by atoms with E-state index < -0.39 is 0 Å². The van der Waals surface area contributed by atoms with Gasteiger partial charge in [-0.25, -0.2) is 4.98 Å². The van der Waals surface area contributed by atoms with Gasteiger partial charge in [-0.2, -0.15) is 5.10 Å². The molecule has 0 saturated carbocycles. The molecule has 126 valence electrons. The molecule has 6 nitrogen and oxygen atoms in total. The Morgan fingerprint density at radius 3 is 2.61 bits per heavy atom. The van der Waals surface area contributed by atoms with Crippen molar-refractivity contribution in [1.29, 1.82) is 0 Å². The number of hydrogen-bond acceptors (Lipinski definition) is 3. The average Bonchev–Trinajstić information content (AvgIpc) is 3.13. The van der Waals surface area contributed by atoms with E-state index in [0.29, 0.717) is 12.5 Å². The Labute approximate surface area is 138 Å². The van der Waals surface area contributed by atoms with Gasteiger partial charge in [-0.3, -0.25) is 9.48 Å². The highest BCUT2D eigenvalue weighted by molar-refractivity contribution is 5.80. The van der Waals surface area contributed by atoms with Gasteiger partial charge in [0.05, 0.1) is 6.20 Å². The molecule has 0 aliphatic carbocycles. The second-order valence-corrected chi connectivity index (χ2v) is 6.37. The van der Waals surface area contributed by atoms with Crippen LogP contribution >= 0.6 is 0 Å². The number of aromatic nitrogens is 4. The first-order chi connectivity index (χ1) is 10.9. The van der Waals surface area contributed by atoms with Gasteiger partial charge in [-0.1, -0.05) is 13.8 Å². The van der Waals surface area contributed by atoms with Gasteiger partial charge in [0.25, 0.3) is 0 Å². The van der Waals surface area contributed by atoms with Crippen LogP contribution in [0.15, 0.2) is 24.8 Å². The number of rotatable bonds is 7. The van der Waals surface area contributed by atoms with Crippen molar-refractivity contribution in [2.75, 3.05) is 6.54 Å². The van der Waals surface area contributed by atoms with Gasteiger partial charge >= 0.3 is 0 Å². The molecule has 2 aromatic heterocycles. The van der Waals surface area contributed by atoms with Crippen LogP contribution in [0, 0.1) is 12.8 Å². The number of carbonyl (C=O) groups is 1. The number of hydrogen-bond donors (Lipinski definition) is 0. The van der Waals surface area contributed by atoms with Gasteiger partial charge in [0.1, 0.15) is 11.9 Å². The summed E-state index contributed by atoms with van der Waals surface area (Å²) in [6.45, 7) is 12.3. The Morgan fingerprint density at radius 2 is 2.09 bits per heavy atom. The second-order valence-electron chi connectivity index (χ2n) is 6.37. The number of carbonyl (C=O) groups excluding carboxylic acids is 1. The lowest BCUT2D eigenvalue weighted by molar-refractivity contribution is -0.135. The molecular weight excluding hydrogens is 290 g/mol. The molecular formula is C17H27N5O. The van der Waals surface area contributed by atoms with E-state index in [1.54, 1.807) is 6.20 Å². The van der Waals surface area contributed by atoms with Crippen LogP contribution in [-0.4, -0.2) is 36.7 Å². The maximum Gasteiger partial charge on any atom is 0.245 e. The molecule has 0 radical (unpaired) electrons. The van der Waals surface area contributed by atoms with Crippen LogP contribution in [0.1, 0.15) is 45.1 Å². The Kier molecular flexibility index (Phi) is 5.58. The fourth-order valence-corrected chi connectivity index (χ4v) is 2.73. The molecule has 0 fully saturated rings. The average molecular weight is 317 g/mol. The lowest BCUT2D eigenvalue weighted by Crippen LogP contribution is -2.38. The lowest BCUT2D eigenvalue weighted by atomic mass is 10.1. The summed E-state index contributed by atoms with van der Waals surface area (Å²) in [5, 5.41) is 4.30. The number of imidazole rings is 1. The Morgan fingerprint density at radius 1 is 1.35 bits per heavy atom. The first-order valence-electron chi connectivity index (χ1n) is 8.21. The molecule has 0 aliphatic rings. The molecule has 0 spiro atoms. The first kappa shape index (κ1) is 17.2. The fourth-order valence-electron chi connectivity index (χ4n) is 2.73. The normalized spacial score (nSPS) is 12.6. The van der Waals surface area contributed by atoms with Gasteiger partial charge in [-0.05, 0) is 26.7 Å². The molecule has 6 heteroatoms. The molecule has 1 atom stereocenters. The van der Waals surface area contributed by atoms with Crippen molar-refractivity contribution in [3.63, 3.8) is 0 Å². The fraction of sp³-hybridized carbons (Fsp3) is 0.588. The molecule has 1 amide bonds. The molecule has 0 N–H and O–H groups in total. The van der Waals surface area contributed by atoms with Crippen LogP contribution in [0.5, 0.6) is 0 Å². The largest absolute Gasteiger partial charge is 0.336 e. The summed E-state index contributed by atoms with van der Waals surface area (Å²) in [5.74, 6) is 1.38. The summed E-state index contributed by atoms with van der Waals surface area (Å²) in [5.41, 5.74) is 1.07. The maximum absolute atomic E-state index is 13.0. The SMILES string of the molecule is CCn1cc(CN(CC(C)C)C(=O)[C@H](C)n2ccnc2C)cn1. The minimum Gasteiger partial charge on any atom is -0.336 e. The summed E-state index contributed by atoms with van der Waals surface area (Å²) >= 11 is 0. The van der Waals surface area contributed by atoms with Crippen LogP contribution in [-0.2, 0) is 17.9 Å². The molecule has 0 unspecified atom stereocenters. The van der Waals surface area contributed by atoms with E-state index in [2.05, 4.69) is 30.9 Å². The topological polar surface area (TPSA) is 56.0 Å². The zero-order valence-electron chi connectivity index (χ0n) is 14.7. The van der Waals surface area contributed by atoms with Crippen molar-refractivity contribution in [2.24, 2.45) is 5.92 Å². The summed E-state index contributed by atoms with van der Waals surface area (Å²) in [6, 6.07) is -0.252. The molecule has 0 saturated heterocycles. The minimum absolute atomic E-state index is 0.115. The van der Waals surface area contributed by atoms with Crippen molar-refractivity contribution < 1.29 is 4.79 Å². The van der Waals surface area contributed by atoms with Crippen molar-refractivity contribution in [3.8, 4) is 0 Å². The molecule has 0 aliphatic heterocycles. The molecule has 23 heavy (non-hydrogen) atoms. The van der Waals surface area contributed by atoms with E-state index in [-0.39, 0.29) is 11.9 Å². The van der Waals surface area contributed by atoms with Crippen LogP contribution < -0.4 is 0 Å². The molecule has 2 aromatic rings. The summed E-state index contributed by atoms with van der Waals surface area (Å²) in [7, 11) is 0. The molecule has 2 rings (SSSR count). The Hall–Kier alpha value is -2.11. The van der Waals surface area contributed by atoms with Crippen LogP contribution in [0.3, 0.4) is 0 Å². The zero-order chi connectivity index (χ0) is 17.0. The number of aryl methyl sites for hydroxylation is 2. The number of amides is 1. The quantitative estimate of drug-likeness (QED) is 0.789. The van der Waals surface area contributed by atoms with Gasteiger partial charge < -0.3 is 9.47 Å². The summed E-state index contributed by atoms with van der Waals surface area (Å²) in [4.78, 5) is 19.1. The minimum atomic E-state index is -0.252. The lowest BCUT2D eigenvalue weighted by Gasteiger charge is -2.28. The third kappa shape index (κ3) is 4.21. The van der Waals surface area contributed by atoms with Crippen molar-refractivity contribution in [3.05, 3.63) is 36.2 Å². The van der Waals surface area contributed by atoms with Gasteiger partial charge in [0.15, 0.2) is 0 Å². The van der Waals surface area contributed by atoms with Crippen LogP contribution in [0.4, 0.5) is 0 Å². The van der Waals surface area contributed by atoms with Crippen molar-refractivity contribution in [2.45, 2.75) is 53.8 Å². The van der Waals surface area contributed by atoms with Gasteiger partial charge in [0.2, 0.25) is 5.91 Å². The van der Waals surface area contributed by atoms with Gasteiger partial charge in [-0.15, -0.1) is 0 Å². The third-order valence-electron chi connectivity index (χ3n) is 3.92. The molecule has 0 aromatic carbocycles. The highest BCUT2D eigenvalue weighted by Gasteiger charge is 2.24. The van der Waals surface area contributed by atoms with E-state index in [4.69, 9.17) is 0 Å². The standard InChI is InChI=1S/C17H27N5O/c1-6-21-12-16(9-19-21)11-20(10-13(2)3)17(23)14(4)22-8-7-18-15(22)5/h7-9,12-14H,6,10-11H2,1-5H3/t14-/m0/s1.